The van der Waals surface area contributed by atoms with Crippen LogP contribution in [0.25, 0.3) is 31.7 Å². The molecule has 0 saturated heterocycles. The molecule has 0 aliphatic heterocycles. The Balaban J connectivity index is 1.72. The van der Waals surface area contributed by atoms with Gasteiger partial charge in [-0.2, -0.15) is 0 Å². The monoisotopic (exact) mass is 444 g/mol. The Hall–Kier alpha value is -2.53. The maximum atomic E-state index is 5.25. The zero-order valence-corrected chi connectivity index (χ0v) is 20.0. The van der Waals surface area contributed by atoms with E-state index in [1.165, 1.54) is 71.0 Å². The normalized spacial score (nSPS) is 13.6. The van der Waals surface area contributed by atoms with Crippen molar-refractivity contribution in [2.75, 3.05) is 18.0 Å². The highest BCUT2D eigenvalue weighted by Crippen LogP contribution is 2.43. The number of pyridine rings is 1. The molecule has 3 heterocycles. The van der Waals surface area contributed by atoms with E-state index in [1.807, 2.05) is 0 Å². The number of aromatic nitrogens is 3. The third kappa shape index (κ3) is 3.88. The number of fused-ring (bicyclic) bond motifs is 5. The number of hydrogen-bond donors (Lipinski definition) is 0. The molecule has 166 valence electrons. The third-order valence-corrected chi connectivity index (χ3v) is 7.68. The molecule has 0 radical (unpaired) electrons. The Kier molecular flexibility index (Phi) is 6.35. The molecule has 0 N–H and O–H groups in total. The summed E-state index contributed by atoms with van der Waals surface area (Å²) in [5.74, 6) is 1.10. The van der Waals surface area contributed by atoms with Gasteiger partial charge in [0, 0.05) is 24.0 Å². The lowest BCUT2D eigenvalue weighted by molar-refractivity contribution is 0.673. The third-order valence-electron chi connectivity index (χ3n) is 6.61. The predicted molar refractivity (Wildman–Crippen MR) is 137 cm³/mol. The fourth-order valence-corrected chi connectivity index (χ4v) is 6.11. The number of thiophene rings is 1. The number of anilines is 1. The second-order valence-electron chi connectivity index (χ2n) is 8.84. The molecule has 0 amide bonds. The largest absolute Gasteiger partial charge is 0.355 e. The van der Waals surface area contributed by atoms with Crippen LogP contribution in [0.4, 0.5) is 5.82 Å². The first-order valence-corrected chi connectivity index (χ1v) is 13.0. The highest BCUT2D eigenvalue weighted by atomic mass is 32.1. The lowest BCUT2D eigenvalue weighted by Crippen LogP contribution is -2.26. The number of unbranched alkanes of at least 4 members (excludes halogenated alkanes) is 2. The van der Waals surface area contributed by atoms with E-state index in [1.54, 1.807) is 17.7 Å². The molecule has 0 unspecified atom stereocenters. The Labute approximate surface area is 194 Å². The number of hydrogen-bond acceptors (Lipinski definition) is 5. The maximum absolute atomic E-state index is 5.25. The fourth-order valence-electron chi connectivity index (χ4n) is 4.93. The van der Waals surface area contributed by atoms with Crippen molar-refractivity contribution < 1.29 is 0 Å². The van der Waals surface area contributed by atoms with Crippen molar-refractivity contribution in [3.8, 4) is 11.3 Å². The molecule has 4 aromatic rings. The Morgan fingerprint density at radius 3 is 2.34 bits per heavy atom. The van der Waals surface area contributed by atoms with E-state index in [4.69, 9.17) is 15.0 Å². The fraction of sp³-hybridized carbons (Fsp3) is 0.444. The minimum atomic E-state index is 1.05. The van der Waals surface area contributed by atoms with Gasteiger partial charge >= 0.3 is 0 Å². The van der Waals surface area contributed by atoms with E-state index in [-0.39, 0.29) is 0 Å². The average molecular weight is 445 g/mol. The van der Waals surface area contributed by atoms with E-state index in [0.29, 0.717) is 0 Å². The molecule has 0 atom stereocenters. The van der Waals surface area contributed by atoms with Crippen LogP contribution in [0, 0.1) is 0 Å². The quantitative estimate of drug-likeness (QED) is 0.288. The first kappa shape index (κ1) is 21.3. The molecule has 5 heteroatoms. The molecule has 0 saturated carbocycles. The Bertz CT molecular complexity index is 1210. The second-order valence-corrected chi connectivity index (χ2v) is 9.84. The van der Waals surface area contributed by atoms with Crippen LogP contribution < -0.4 is 4.90 Å². The van der Waals surface area contributed by atoms with Crippen LogP contribution in [-0.4, -0.2) is 28.0 Å². The molecule has 1 aliphatic rings. The van der Waals surface area contributed by atoms with E-state index in [2.05, 4.69) is 49.1 Å². The molecule has 0 fully saturated rings. The summed E-state index contributed by atoms with van der Waals surface area (Å²) in [4.78, 5) is 18.5. The summed E-state index contributed by atoms with van der Waals surface area (Å²) in [5, 5.41) is 1.29. The van der Waals surface area contributed by atoms with Gasteiger partial charge in [0.15, 0.2) is 0 Å². The molecule has 0 bridgehead atoms. The van der Waals surface area contributed by atoms with Gasteiger partial charge in [-0.1, -0.05) is 57.0 Å². The topological polar surface area (TPSA) is 41.9 Å². The summed E-state index contributed by atoms with van der Waals surface area (Å²) >= 11 is 1.79. The van der Waals surface area contributed by atoms with Crippen molar-refractivity contribution in [2.24, 2.45) is 0 Å². The molecule has 0 spiro atoms. The Morgan fingerprint density at radius 1 is 0.906 bits per heavy atom. The lowest BCUT2D eigenvalue weighted by atomic mass is 9.87. The van der Waals surface area contributed by atoms with Crippen LogP contribution in [-0.2, 0) is 12.8 Å². The predicted octanol–water partition coefficient (Wildman–Crippen LogP) is 7.19. The molecule has 1 aromatic carbocycles. The van der Waals surface area contributed by atoms with E-state index in [0.717, 1.165) is 42.1 Å². The van der Waals surface area contributed by atoms with Crippen molar-refractivity contribution in [1.82, 2.24) is 15.0 Å². The minimum Gasteiger partial charge on any atom is -0.355 e. The molecular formula is C27H32N4S. The van der Waals surface area contributed by atoms with Crippen molar-refractivity contribution in [1.29, 1.82) is 0 Å². The minimum absolute atomic E-state index is 1.05. The molecular weight excluding hydrogens is 412 g/mol. The van der Waals surface area contributed by atoms with Crippen LogP contribution in [0.3, 0.4) is 0 Å². The summed E-state index contributed by atoms with van der Waals surface area (Å²) in [6.45, 7) is 6.62. The lowest BCUT2D eigenvalue weighted by Gasteiger charge is -2.23. The summed E-state index contributed by atoms with van der Waals surface area (Å²) in [6, 6.07) is 10.7. The van der Waals surface area contributed by atoms with E-state index < -0.39 is 0 Å². The van der Waals surface area contributed by atoms with Gasteiger partial charge in [-0.05, 0) is 49.7 Å². The first-order valence-electron chi connectivity index (χ1n) is 12.2. The van der Waals surface area contributed by atoms with Crippen molar-refractivity contribution in [3.63, 3.8) is 0 Å². The van der Waals surface area contributed by atoms with Gasteiger partial charge in [-0.15, -0.1) is 11.3 Å². The number of nitrogens with zero attached hydrogens (tertiary/aromatic N) is 4. The van der Waals surface area contributed by atoms with Crippen molar-refractivity contribution in [2.45, 2.75) is 65.2 Å². The van der Waals surface area contributed by atoms with Crippen LogP contribution in [0.2, 0.25) is 0 Å². The van der Waals surface area contributed by atoms with E-state index >= 15 is 0 Å². The van der Waals surface area contributed by atoms with Gasteiger partial charge in [0.25, 0.3) is 0 Å². The number of benzene rings is 1. The van der Waals surface area contributed by atoms with Crippen LogP contribution in [0.5, 0.6) is 0 Å². The molecule has 1 aliphatic carbocycles. The average Bonchev–Trinajstić information content (AvgIpc) is 3.23. The van der Waals surface area contributed by atoms with Crippen molar-refractivity contribution in [3.05, 3.63) is 47.8 Å². The van der Waals surface area contributed by atoms with Gasteiger partial charge < -0.3 is 4.90 Å². The van der Waals surface area contributed by atoms with Crippen molar-refractivity contribution >= 4 is 37.6 Å². The van der Waals surface area contributed by atoms with Gasteiger partial charge in [0.2, 0.25) is 0 Å². The highest BCUT2D eigenvalue weighted by Gasteiger charge is 2.24. The Morgan fingerprint density at radius 2 is 1.62 bits per heavy atom. The van der Waals surface area contributed by atoms with Gasteiger partial charge in [0.1, 0.15) is 17.0 Å². The van der Waals surface area contributed by atoms with Gasteiger partial charge in [-0.3, -0.25) is 0 Å². The SMILES string of the molecule is CCCCN(CCCC)c1ncnc2c1sc1nc(-c3ccccc3)c3c(c12)CCCC3. The van der Waals surface area contributed by atoms with Crippen LogP contribution in [0.1, 0.15) is 63.5 Å². The molecule has 3 aromatic heterocycles. The standard InChI is InChI=1S/C27H32N4S/c1-3-5-16-31(17-6-4-2)26-25-24(28-18-29-26)22-20-14-10-11-15-21(20)23(30-27(22)32-25)19-12-8-7-9-13-19/h7-9,12-13,18H,3-6,10-11,14-17H2,1-2H3. The van der Waals surface area contributed by atoms with E-state index in [9.17, 15) is 0 Å². The summed E-state index contributed by atoms with van der Waals surface area (Å²) in [5.41, 5.74) is 6.41. The first-order chi connectivity index (χ1) is 15.8. The highest BCUT2D eigenvalue weighted by molar-refractivity contribution is 7.26. The molecule has 32 heavy (non-hydrogen) atoms. The molecule has 4 nitrogen and oxygen atoms in total. The summed E-state index contributed by atoms with van der Waals surface area (Å²) < 4.78 is 1.21. The molecule has 5 rings (SSSR count). The zero-order valence-electron chi connectivity index (χ0n) is 19.2. The summed E-state index contributed by atoms with van der Waals surface area (Å²) in [7, 11) is 0. The number of rotatable bonds is 8. The van der Waals surface area contributed by atoms with Crippen LogP contribution >= 0.6 is 11.3 Å². The smallest absolute Gasteiger partial charge is 0.150 e. The van der Waals surface area contributed by atoms with Gasteiger partial charge in [-0.25, -0.2) is 15.0 Å². The summed E-state index contributed by atoms with van der Waals surface area (Å²) in [6.07, 6.45) is 11.2. The number of aryl methyl sites for hydroxylation is 1. The van der Waals surface area contributed by atoms with Crippen LogP contribution in [0.15, 0.2) is 36.7 Å². The van der Waals surface area contributed by atoms with Gasteiger partial charge in [0.05, 0.1) is 15.9 Å². The zero-order chi connectivity index (χ0) is 21.9. The second kappa shape index (κ2) is 9.53. The maximum Gasteiger partial charge on any atom is 0.150 e.